The second-order valence-electron chi connectivity index (χ2n) is 10.3. The number of unbranched alkanes of at least 4 members (excludes halogenated alkanes) is 2. The van der Waals surface area contributed by atoms with Crippen molar-refractivity contribution < 1.29 is 14.2 Å². The molecule has 0 amide bonds. The summed E-state index contributed by atoms with van der Waals surface area (Å²) in [6, 6.07) is 25.3. The van der Waals surface area contributed by atoms with Crippen LogP contribution in [0.5, 0.6) is 5.75 Å². The predicted octanol–water partition coefficient (Wildman–Crippen LogP) is 7.65. The molecule has 2 atom stereocenters. The summed E-state index contributed by atoms with van der Waals surface area (Å²) in [7, 11) is 0. The molecule has 4 nitrogen and oxygen atoms in total. The van der Waals surface area contributed by atoms with E-state index in [0.717, 1.165) is 42.8 Å². The molecule has 1 aliphatic rings. The zero-order valence-corrected chi connectivity index (χ0v) is 22.3. The maximum Gasteiger partial charge on any atom is 0.132 e. The number of hydrogen-bond donors (Lipinski definition) is 1. The lowest BCUT2D eigenvalue weighted by molar-refractivity contribution is -0.162. The Labute approximate surface area is 217 Å². The fraction of sp³-hybridized carbons (Fsp3) is 0.438. The quantitative estimate of drug-likeness (QED) is 0.266. The fourth-order valence-electron chi connectivity index (χ4n) is 4.82. The number of benzene rings is 3. The molecule has 1 aliphatic heterocycles. The van der Waals surface area contributed by atoms with Gasteiger partial charge in [-0.15, -0.1) is 0 Å². The van der Waals surface area contributed by atoms with E-state index in [1.807, 2.05) is 6.07 Å². The highest BCUT2D eigenvalue weighted by Crippen LogP contribution is 2.44. The maximum absolute atomic E-state index is 6.62. The standard InChI is InChI=1S/C32H41NO3/c1-5-6-12-20-35-31-30(34-21-19-25-14-8-7-9-15-25)28-22-27(17-18-29(28)36-32(31,3)4)33-23-26-16-11-10-13-24(26)2/h7-11,13-18,22,30-31,33H,5-6,12,19-21,23H2,1-4H3. The molecule has 0 radical (unpaired) electrons. The van der Waals surface area contributed by atoms with E-state index >= 15 is 0 Å². The van der Waals surface area contributed by atoms with Gasteiger partial charge in [0.1, 0.15) is 23.6 Å². The van der Waals surface area contributed by atoms with Crippen molar-refractivity contribution in [2.75, 3.05) is 18.5 Å². The monoisotopic (exact) mass is 487 g/mol. The van der Waals surface area contributed by atoms with Crippen LogP contribution in [-0.4, -0.2) is 24.9 Å². The van der Waals surface area contributed by atoms with E-state index in [-0.39, 0.29) is 12.2 Å². The highest BCUT2D eigenvalue weighted by Gasteiger charge is 2.45. The third-order valence-corrected chi connectivity index (χ3v) is 6.97. The van der Waals surface area contributed by atoms with E-state index < -0.39 is 5.60 Å². The summed E-state index contributed by atoms with van der Waals surface area (Å²) in [6.07, 6.45) is 3.85. The highest BCUT2D eigenvalue weighted by atomic mass is 16.6. The molecule has 3 aromatic carbocycles. The van der Waals surface area contributed by atoms with E-state index in [1.54, 1.807) is 0 Å². The van der Waals surface area contributed by atoms with Gasteiger partial charge < -0.3 is 19.5 Å². The Hall–Kier alpha value is -2.82. The molecule has 0 bridgehead atoms. The first kappa shape index (κ1) is 26.2. The SMILES string of the molecule is CCCCCOC1C(OCCc2ccccc2)c2cc(NCc3ccccc3C)ccc2OC1(C)C. The van der Waals surface area contributed by atoms with Crippen molar-refractivity contribution in [3.8, 4) is 5.75 Å². The van der Waals surface area contributed by atoms with Crippen molar-refractivity contribution >= 4 is 5.69 Å². The van der Waals surface area contributed by atoms with E-state index in [1.165, 1.54) is 23.1 Å². The van der Waals surface area contributed by atoms with Crippen LogP contribution >= 0.6 is 0 Å². The van der Waals surface area contributed by atoms with Crippen molar-refractivity contribution in [3.05, 3.63) is 95.1 Å². The number of nitrogens with one attached hydrogen (secondary N) is 1. The van der Waals surface area contributed by atoms with E-state index in [9.17, 15) is 0 Å². The van der Waals surface area contributed by atoms with Crippen LogP contribution in [0.15, 0.2) is 72.8 Å². The third-order valence-electron chi connectivity index (χ3n) is 6.97. The van der Waals surface area contributed by atoms with Crippen molar-refractivity contribution in [3.63, 3.8) is 0 Å². The normalized spacial score (nSPS) is 18.3. The molecule has 2 unspecified atom stereocenters. The highest BCUT2D eigenvalue weighted by molar-refractivity contribution is 5.54. The first-order chi connectivity index (χ1) is 17.5. The van der Waals surface area contributed by atoms with E-state index in [0.29, 0.717) is 13.2 Å². The van der Waals surface area contributed by atoms with Crippen LogP contribution in [0.4, 0.5) is 5.69 Å². The number of aryl methyl sites for hydroxylation is 1. The molecule has 4 rings (SSSR count). The Morgan fingerprint density at radius 1 is 0.889 bits per heavy atom. The van der Waals surface area contributed by atoms with Gasteiger partial charge in [0.05, 0.1) is 6.61 Å². The van der Waals surface area contributed by atoms with Gasteiger partial charge in [-0.2, -0.15) is 0 Å². The van der Waals surface area contributed by atoms with Crippen molar-refractivity contribution in [1.82, 2.24) is 0 Å². The van der Waals surface area contributed by atoms with Crippen molar-refractivity contribution in [2.45, 2.75) is 77.7 Å². The number of anilines is 1. The fourth-order valence-corrected chi connectivity index (χ4v) is 4.82. The largest absolute Gasteiger partial charge is 0.485 e. The second-order valence-corrected chi connectivity index (χ2v) is 10.3. The van der Waals surface area contributed by atoms with Crippen LogP contribution in [0, 0.1) is 6.92 Å². The molecular weight excluding hydrogens is 446 g/mol. The smallest absolute Gasteiger partial charge is 0.132 e. The van der Waals surface area contributed by atoms with Gasteiger partial charge in [-0.1, -0.05) is 74.4 Å². The second kappa shape index (κ2) is 12.4. The van der Waals surface area contributed by atoms with Gasteiger partial charge >= 0.3 is 0 Å². The topological polar surface area (TPSA) is 39.7 Å². The molecule has 1 N–H and O–H groups in total. The zero-order valence-electron chi connectivity index (χ0n) is 22.3. The number of hydrogen-bond acceptors (Lipinski definition) is 4. The molecule has 1 heterocycles. The Kier molecular flexibility index (Phi) is 9.06. The lowest BCUT2D eigenvalue weighted by Gasteiger charge is -2.44. The van der Waals surface area contributed by atoms with Crippen LogP contribution in [-0.2, 0) is 22.4 Å². The summed E-state index contributed by atoms with van der Waals surface area (Å²) >= 11 is 0. The van der Waals surface area contributed by atoms with Crippen LogP contribution < -0.4 is 10.1 Å². The molecule has 36 heavy (non-hydrogen) atoms. The van der Waals surface area contributed by atoms with Gasteiger partial charge in [-0.25, -0.2) is 0 Å². The summed E-state index contributed by atoms with van der Waals surface area (Å²) in [6.45, 7) is 10.7. The van der Waals surface area contributed by atoms with Crippen LogP contribution in [0.1, 0.15) is 68.4 Å². The lowest BCUT2D eigenvalue weighted by Crippen LogP contribution is -2.51. The molecule has 0 fully saturated rings. The lowest BCUT2D eigenvalue weighted by atomic mass is 9.87. The number of ether oxygens (including phenoxy) is 3. The Morgan fingerprint density at radius 3 is 2.44 bits per heavy atom. The minimum atomic E-state index is -0.493. The minimum Gasteiger partial charge on any atom is -0.485 e. The first-order valence-corrected chi connectivity index (χ1v) is 13.4. The molecule has 4 heteroatoms. The number of rotatable bonds is 12. The molecule has 0 saturated carbocycles. The average molecular weight is 488 g/mol. The zero-order chi connectivity index (χ0) is 25.4. The molecule has 0 spiro atoms. The predicted molar refractivity (Wildman–Crippen MR) is 148 cm³/mol. The molecule has 192 valence electrons. The van der Waals surface area contributed by atoms with Gasteiger partial charge in [-0.05, 0) is 68.5 Å². The summed E-state index contributed by atoms with van der Waals surface area (Å²) < 4.78 is 19.6. The summed E-state index contributed by atoms with van der Waals surface area (Å²) in [4.78, 5) is 0. The van der Waals surface area contributed by atoms with Crippen molar-refractivity contribution in [1.29, 1.82) is 0 Å². The van der Waals surface area contributed by atoms with Gasteiger partial charge in [0.25, 0.3) is 0 Å². The summed E-state index contributed by atoms with van der Waals surface area (Å²) in [5.74, 6) is 0.875. The molecule has 0 aromatic heterocycles. The van der Waals surface area contributed by atoms with Crippen molar-refractivity contribution in [2.24, 2.45) is 0 Å². The van der Waals surface area contributed by atoms with Crippen LogP contribution in [0.2, 0.25) is 0 Å². The molecule has 0 aliphatic carbocycles. The first-order valence-electron chi connectivity index (χ1n) is 13.4. The van der Waals surface area contributed by atoms with Crippen LogP contribution in [0.3, 0.4) is 0 Å². The number of fused-ring (bicyclic) bond motifs is 1. The molecule has 0 saturated heterocycles. The Balaban J connectivity index is 1.55. The Bertz CT molecular complexity index is 1100. The van der Waals surface area contributed by atoms with Gasteiger partial charge in [-0.3, -0.25) is 0 Å². The molecular formula is C32H41NO3. The third kappa shape index (κ3) is 6.68. The minimum absolute atomic E-state index is 0.191. The molecule has 3 aromatic rings. The van der Waals surface area contributed by atoms with E-state index in [2.05, 4.69) is 99.7 Å². The van der Waals surface area contributed by atoms with Crippen LogP contribution in [0.25, 0.3) is 0 Å². The van der Waals surface area contributed by atoms with E-state index in [4.69, 9.17) is 14.2 Å². The summed E-state index contributed by atoms with van der Waals surface area (Å²) in [5.41, 5.74) is 5.47. The van der Waals surface area contributed by atoms with Gasteiger partial charge in [0, 0.05) is 24.4 Å². The van der Waals surface area contributed by atoms with Gasteiger partial charge in [0.2, 0.25) is 0 Å². The average Bonchev–Trinajstić information content (AvgIpc) is 2.87. The summed E-state index contributed by atoms with van der Waals surface area (Å²) in [5, 5.41) is 3.60. The Morgan fingerprint density at radius 2 is 1.67 bits per heavy atom. The van der Waals surface area contributed by atoms with Gasteiger partial charge in [0.15, 0.2) is 0 Å². The maximum atomic E-state index is 6.62.